The molecule has 1 fully saturated rings. The second-order valence-electron chi connectivity index (χ2n) is 6.04. The van der Waals surface area contributed by atoms with Gasteiger partial charge in [0.2, 0.25) is 5.91 Å². The Kier molecular flexibility index (Phi) is 5.77. The predicted molar refractivity (Wildman–Crippen MR) is 90.0 cm³/mol. The molecule has 1 atom stereocenters. The number of rotatable bonds is 6. The van der Waals surface area contributed by atoms with Crippen molar-refractivity contribution in [1.82, 2.24) is 14.8 Å². The van der Waals surface area contributed by atoms with E-state index in [0.29, 0.717) is 12.6 Å². The molecule has 0 N–H and O–H groups in total. The average molecular weight is 304 g/mol. The Bertz CT molecular complexity index is 499. The molecular weight excluding hydrogens is 276 g/mol. The van der Waals surface area contributed by atoms with Gasteiger partial charge in [-0.25, -0.2) is 4.98 Å². The lowest BCUT2D eigenvalue weighted by atomic mass is 10.1. The fourth-order valence-corrected chi connectivity index (χ4v) is 3.13. The van der Waals surface area contributed by atoms with Gasteiger partial charge in [0.15, 0.2) is 0 Å². The Morgan fingerprint density at radius 2 is 2.09 bits per heavy atom. The van der Waals surface area contributed by atoms with E-state index in [1.807, 2.05) is 43.9 Å². The SMILES string of the molecule is CCN(CC)C(=O)CN1CCCC1c1ccnc(N(C)C)c1. The molecule has 5 nitrogen and oxygen atoms in total. The zero-order valence-corrected chi connectivity index (χ0v) is 14.2. The summed E-state index contributed by atoms with van der Waals surface area (Å²) in [6.07, 6.45) is 4.13. The lowest BCUT2D eigenvalue weighted by Gasteiger charge is -2.28. The number of nitrogens with zero attached hydrogens (tertiary/aromatic N) is 4. The summed E-state index contributed by atoms with van der Waals surface area (Å²) < 4.78 is 0. The van der Waals surface area contributed by atoms with E-state index in [9.17, 15) is 4.79 Å². The van der Waals surface area contributed by atoms with Crippen LogP contribution < -0.4 is 4.90 Å². The van der Waals surface area contributed by atoms with Crippen molar-refractivity contribution >= 4 is 11.7 Å². The summed E-state index contributed by atoms with van der Waals surface area (Å²) in [6, 6.07) is 4.56. The van der Waals surface area contributed by atoms with Crippen molar-refractivity contribution in [2.24, 2.45) is 0 Å². The summed E-state index contributed by atoms with van der Waals surface area (Å²) in [4.78, 5) is 23.0. The standard InChI is InChI=1S/C17H28N4O/c1-5-20(6-2)17(22)13-21-11-7-8-15(21)14-9-10-18-16(12-14)19(3)4/h9-10,12,15H,5-8,11,13H2,1-4H3. The summed E-state index contributed by atoms with van der Waals surface area (Å²) >= 11 is 0. The van der Waals surface area contributed by atoms with Crippen LogP contribution in [0.4, 0.5) is 5.82 Å². The quantitative estimate of drug-likeness (QED) is 0.807. The molecule has 5 heteroatoms. The third kappa shape index (κ3) is 3.77. The van der Waals surface area contributed by atoms with Crippen molar-refractivity contribution in [2.75, 3.05) is 45.2 Å². The lowest BCUT2D eigenvalue weighted by Crippen LogP contribution is -2.40. The molecule has 0 radical (unpaired) electrons. The molecule has 1 aromatic rings. The number of pyridine rings is 1. The van der Waals surface area contributed by atoms with Gasteiger partial charge in [-0.1, -0.05) is 0 Å². The fraction of sp³-hybridized carbons (Fsp3) is 0.647. The maximum atomic E-state index is 12.4. The van der Waals surface area contributed by atoms with Crippen LogP contribution in [0.2, 0.25) is 0 Å². The molecule has 2 rings (SSSR count). The number of carbonyl (C=O) groups excluding carboxylic acids is 1. The van der Waals surface area contributed by atoms with E-state index in [1.54, 1.807) is 0 Å². The first-order valence-corrected chi connectivity index (χ1v) is 8.21. The molecular formula is C17H28N4O. The van der Waals surface area contributed by atoms with E-state index in [-0.39, 0.29) is 5.91 Å². The molecule has 0 saturated carbocycles. The van der Waals surface area contributed by atoms with Gasteiger partial charge in [-0.15, -0.1) is 0 Å². The van der Waals surface area contributed by atoms with Gasteiger partial charge in [-0.2, -0.15) is 0 Å². The van der Waals surface area contributed by atoms with Crippen molar-refractivity contribution in [3.63, 3.8) is 0 Å². The van der Waals surface area contributed by atoms with E-state index >= 15 is 0 Å². The first-order chi connectivity index (χ1) is 10.6. The number of hydrogen-bond donors (Lipinski definition) is 0. The van der Waals surface area contributed by atoms with E-state index in [0.717, 1.165) is 38.3 Å². The molecule has 1 amide bonds. The lowest BCUT2D eigenvalue weighted by molar-refractivity contribution is -0.132. The van der Waals surface area contributed by atoms with Gasteiger partial charge in [0.25, 0.3) is 0 Å². The van der Waals surface area contributed by atoms with Gasteiger partial charge in [0.05, 0.1) is 6.54 Å². The highest BCUT2D eigenvalue weighted by Gasteiger charge is 2.28. The van der Waals surface area contributed by atoms with Gasteiger partial charge in [-0.3, -0.25) is 9.69 Å². The number of aromatic nitrogens is 1. The minimum absolute atomic E-state index is 0.235. The Morgan fingerprint density at radius 1 is 1.36 bits per heavy atom. The highest BCUT2D eigenvalue weighted by molar-refractivity contribution is 5.78. The van der Waals surface area contributed by atoms with Crippen LogP contribution in [-0.4, -0.2) is 61.0 Å². The zero-order valence-electron chi connectivity index (χ0n) is 14.2. The molecule has 0 spiro atoms. The van der Waals surface area contributed by atoms with Crippen LogP contribution in [0.5, 0.6) is 0 Å². The molecule has 1 aliphatic heterocycles. The van der Waals surface area contributed by atoms with Crippen LogP contribution in [0.25, 0.3) is 0 Å². The number of likely N-dealkylation sites (N-methyl/N-ethyl adjacent to an activating group) is 1. The van der Waals surface area contributed by atoms with E-state index in [1.165, 1.54) is 5.56 Å². The molecule has 0 aliphatic carbocycles. The van der Waals surface area contributed by atoms with Crippen LogP contribution in [-0.2, 0) is 4.79 Å². The molecule has 0 aromatic carbocycles. The van der Waals surface area contributed by atoms with Gasteiger partial charge < -0.3 is 9.80 Å². The minimum atomic E-state index is 0.235. The topological polar surface area (TPSA) is 39.7 Å². The maximum Gasteiger partial charge on any atom is 0.236 e. The van der Waals surface area contributed by atoms with Crippen molar-refractivity contribution in [1.29, 1.82) is 0 Å². The van der Waals surface area contributed by atoms with Gasteiger partial charge in [0, 0.05) is 39.4 Å². The van der Waals surface area contributed by atoms with Crippen molar-refractivity contribution in [3.8, 4) is 0 Å². The Balaban J connectivity index is 2.10. The maximum absolute atomic E-state index is 12.4. The summed E-state index contributed by atoms with van der Waals surface area (Å²) in [5.41, 5.74) is 1.27. The smallest absolute Gasteiger partial charge is 0.236 e. The zero-order chi connectivity index (χ0) is 16.1. The van der Waals surface area contributed by atoms with Gasteiger partial charge >= 0.3 is 0 Å². The fourth-order valence-electron chi connectivity index (χ4n) is 3.13. The molecule has 1 aliphatic rings. The molecule has 122 valence electrons. The Morgan fingerprint density at radius 3 is 2.73 bits per heavy atom. The van der Waals surface area contributed by atoms with E-state index < -0.39 is 0 Å². The number of hydrogen-bond acceptors (Lipinski definition) is 4. The second-order valence-corrected chi connectivity index (χ2v) is 6.04. The monoisotopic (exact) mass is 304 g/mol. The third-order valence-corrected chi connectivity index (χ3v) is 4.43. The highest BCUT2D eigenvalue weighted by Crippen LogP contribution is 2.32. The first kappa shape index (κ1) is 16.7. The molecule has 2 heterocycles. The number of carbonyl (C=O) groups is 1. The summed E-state index contributed by atoms with van der Waals surface area (Å²) in [6.45, 7) is 7.16. The van der Waals surface area contributed by atoms with Gasteiger partial charge in [0.1, 0.15) is 5.82 Å². The summed E-state index contributed by atoms with van der Waals surface area (Å²) in [5, 5.41) is 0. The Hall–Kier alpha value is -1.62. The third-order valence-electron chi connectivity index (χ3n) is 4.43. The molecule has 0 bridgehead atoms. The number of likely N-dealkylation sites (tertiary alicyclic amines) is 1. The van der Waals surface area contributed by atoms with Gasteiger partial charge in [-0.05, 0) is 50.9 Å². The summed E-state index contributed by atoms with van der Waals surface area (Å²) in [5.74, 6) is 1.21. The molecule has 22 heavy (non-hydrogen) atoms. The predicted octanol–water partition coefficient (Wildman–Crippen LogP) is 2.15. The van der Waals surface area contributed by atoms with Crippen molar-refractivity contribution in [2.45, 2.75) is 32.7 Å². The molecule has 1 aromatic heterocycles. The Labute approximate surface area is 133 Å². The average Bonchev–Trinajstić information content (AvgIpc) is 2.96. The molecule has 1 saturated heterocycles. The van der Waals surface area contributed by atoms with Crippen LogP contribution >= 0.6 is 0 Å². The highest BCUT2D eigenvalue weighted by atomic mass is 16.2. The van der Waals surface area contributed by atoms with E-state index in [2.05, 4.69) is 22.0 Å². The first-order valence-electron chi connectivity index (χ1n) is 8.21. The normalized spacial score (nSPS) is 18.5. The van der Waals surface area contributed by atoms with Crippen LogP contribution in [0, 0.1) is 0 Å². The summed E-state index contributed by atoms with van der Waals surface area (Å²) in [7, 11) is 4.00. The van der Waals surface area contributed by atoms with Crippen LogP contribution in [0.1, 0.15) is 38.3 Å². The largest absolute Gasteiger partial charge is 0.363 e. The van der Waals surface area contributed by atoms with E-state index in [4.69, 9.17) is 0 Å². The number of anilines is 1. The van der Waals surface area contributed by atoms with Crippen molar-refractivity contribution < 1.29 is 4.79 Å². The minimum Gasteiger partial charge on any atom is -0.363 e. The van der Waals surface area contributed by atoms with Crippen molar-refractivity contribution in [3.05, 3.63) is 23.9 Å². The second kappa shape index (κ2) is 7.58. The van der Waals surface area contributed by atoms with Crippen LogP contribution in [0.15, 0.2) is 18.3 Å². The number of amides is 1. The molecule has 1 unspecified atom stereocenters. The van der Waals surface area contributed by atoms with Crippen LogP contribution in [0.3, 0.4) is 0 Å².